The lowest BCUT2D eigenvalue weighted by molar-refractivity contribution is -0.143. The van der Waals surface area contributed by atoms with Crippen molar-refractivity contribution in [1.29, 1.82) is 0 Å². The lowest BCUT2D eigenvalue weighted by atomic mass is 9.92. The van der Waals surface area contributed by atoms with Gasteiger partial charge in [-0.05, 0) is 19.3 Å². The largest absolute Gasteiger partial charge is 0.381 e. The van der Waals surface area contributed by atoms with Gasteiger partial charge in [-0.3, -0.25) is 4.79 Å². The Morgan fingerprint density at radius 2 is 2.19 bits per heavy atom. The van der Waals surface area contributed by atoms with E-state index in [1.165, 1.54) is 0 Å². The van der Waals surface area contributed by atoms with Crippen molar-refractivity contribution in [3.8, 4) is 0 Å². The Balaban J connectivity index is 1.56. The van der Waals surface area contributed by atoms with E-state index in [4.69, 9.17) is 4.74 Å². The van der Waals surface area contributed by atoms with Crippen LogP contribution in [0, 0.1) is 0 Å². The number of amides is 1. The Kier molecular flexibility index (Phi) is 2.27. The molecule has 0 N–H and O–H groups in total. The Morgan fingerprint density at radius 3 is 2.69 bits per heavy atom. The van der Waals surface area contributed by atoms with Crippen molar-refractivity contribution < 1.29 is 13.9 Å². The number of halogens is 1. The van der Waals surface area contributed by atoms with Gasteiger partial charge in [-0.2, -0.15) is 0 Å². The molecule has 1 saturated carbocycles. The highest BCUT2D eigenvalue weighted by Gasteiger charge is 2.58. The molecular weight excluding hydrogens is 229 g/mol. The van der Waals surface area contributed by atoms with Gasteiger partial charge in [0.15, 0.2) is 5.67 Å². The van der Waals surface area contributed by atoms with Gasteiger partial charge in [-0.15, -0.1) is 11.8 Å². The minimum atomic E-state index is -1.49. The van der Waals surface area contributed by atoms with Crippen molar-refractivity contribution in [3.05, 3.63) is 0 Å². The number of ether oxygens (including phenoxy) is 1. The second-order valence-electron chi connectivity index (χ2n) is 5.18. The number of methoxy groups -OCH3 is 1. The Morgan fingerprint density at radius 1 is 1.50 bits per heavy atom. The van der Waals surface area contributed by atoms with Crippen LogP contribution in [0.1, 0.15) is 19.3 Å². The number of nitrogens with zero attached hydrogens (tertiary/aromatic N) is 1. The van der Waals surface area contributed by atoms with Crippen LogP contribution in [0.15, 0.2) is 0 Å². The van der Waals surface area contributed by atoms with Crippen LogP contribution >= 0.6 is 11.8 Å². The molecule has 3 aliphatic rings. The molecule has 5 heteroatoms. The maximum Gasteiger partial charge on any atom is 0.260 e. The first-order valence-corrected chi connectivity index (χ1v) is 6.71. The Hall–Kier alpha value is -0.290. The summed E-state index contributed by atoms with van der Waals surface area (Å²) in [4.78, 5) is 13.4. The highest BCUT2D eigenvalue weighted by molar-refractivity contribution is 8.01. The summed E-state index contributed by atoms with van der Waals surface area (Å²) in [7, 11) is 1.73. The molecule has 0 aromatic carbocycles. The van der Waals surface area contributed by atoms with E-state index in [1.54, 1.807) is 12.0 Å². The number of carbonyl (C=O) groups is 1. The molecule has 1 atom stereocenters. The normalized spacial score (nSPS) is 33.9. The third-order valence-corrected chi connectivity index (χ3v) is 5.40. The van der Waals surface area contributed by atoms with E-state index in [0.29, 0.717) is 32.0 Å². The van der Waals surface area contributed by atoms with Crippen LogP contribution in [-0.4, -0.2) is 53.3 Å². The van der Waals surface area contributed by atoms with Crippen LogP contribution in [0.4, 0.5) is 4.39 Å². The molecule has 0 aromatic heterocycles. The SMILES string of the molecule is CO[C@H]1CSC2(C1)CN(C(=O)C1(F)CC1)C2. The van der Waals surface area contributed by atoms with Gasteiger partial charge in [0.1, 0.15) is 0 Å². The smallest absolute Gasteiger partial charge is 0.260 e. The van der Waals surface area contributed by atoms with Crippen LogP contribution in [0.5, 0.6) is 0 Å². The summed E-state index contributed by atoms with van der Waals surface area (Å²) < 4.78 is 19.0. The van der Waals surface area contributed by atoms with Gasteiger partial charge >= 0.3 is 0 Å². The molecule has 90 valence electrons. The Bertz CT molecular complexity index is 326. The third-order valence-electron chi connectivity index (χ3n) is 3.83. The zero-order valence-electron chi connectivity index (χ0n) is 9.37. The first-order valence-electron chi connectivity index (χ1n) is 5.72. The van der Waals surface area contributed by atoms with Gasteiger partial charge in [0.05, 0.1) is 10.9 Å². The molecule has 3 fully saturated rings. The molecule has 2 heterocycles. The topological polar surface area (TPSA) is 29.5 Å². The first kappa shape index (κ1) is 10.8. The van der Waals surface area contributed by atoms with Gasteiger partial charge in [0, 0.05) is 26.0 Å². The van der Waals surface area contributed by atoms with Gasteiger partial charge in [-0.25, -0.2) is 4.39 Å². The minimum absolute atomic E-state index is 0.168. The van der Waals surface area contributed by atoms with Crippen LogP contribution in [0.25, 0.3) is 0 Å². The zero-order valence-corrected chi connectivity index (χ0v) is 10.2. The van der Waals surface area contributed by atoms with Crippen molar-refractivity contribution in [1.82, 2.24) is 4.90 Å². The van der Waals surface area contributed by atoms with Crippen molar-refractivity contribution in [2.75, 3.05) is 26.0 Å². The summed E-state index contributed by atoms with van der Waals surface area (Å²) in [5, 5.41) is 0. The van der Waals surface area contributed by atoms with E-state index in [2.05, 4.69) is 0 Å². The molecule has 0 bridgehead atoms. The molecule has 0 unspecified atom stereocenters. The molecule has 2 saturated heterocycles. The van der Waals surface area contributed by atoms with E-state index in [0.717, 1.165) is 12.2 Å². The first-order chi connectivity index (χ1) is 7.57. The quantitative estimate of drug-likeness (QED) is 0.732. The average Bonchev–Trinajstić information content (AvgIpc) is 2.82. The zero-order chi connectivity index (χ0) is 11.4. The number of carbonyl (C=O) groups excluding carboxylic acids is 1. The molecule has 3 nitrogen and oxygen atoms in total. The van der Waals surface area contributed by atoms with Gasteiger partial charge in [-0.1, -0.05) is 0 Å². The molecule has 3 rings (SSSR count). The number of hydrogen-bond acceptors (Lipinski definition) is 3. The van der Waals surface area contributed by atoms with Gasteiger partial charge in [0.25, 0.3) is 5.91 Å². The number of likely N-dealkylation sites (tertiary alicyclic amines) is 1. The maximum atomic E-state index is 13.6. The number of thioether (sulfide) groups is 1. The number of alkyl halides is 1. The summed E-state index contributed by atoms with van der Waals surface area (Å²) in [5.74, 6) is 0.721. The number of rotatable bonds is 2. The molecular formula is C11H16FNO2S. The monoisotopic (exact) mass is 245 g/mol. The van der Waals surface area contributed by atoms with Crippen molar-refractivity contribution in [2.24, 2.45) is 0 Å². The highest BCUT2D eigenvalue weighted by atomic mass is 32.2. The van der Waals surface area contributed by atoms with E-state index >= 15 is 0 Å². The Labute approximate surface area is 98.7 Å². The standard InChI is InChI=1S/C11H16FNO2S/c1-15-8-4-10(16-5-8)6-13(7-10)9(14)11(12)2-3-11/h8H,2-7H2,1H3/t8-/m1/s1. The average molecular weight is 245 g/mol. The summed E-state index contributed by atoms with van der Waals surface area (Å²) in [6.07, 6.45) is 2.14. The van der Waals surface area contributed by atoms with Crippen molar-refractivity contribution >= 4 is 17.7 Å². The third kappa shape index (κ3) is 1.56. The van der Waals surface area contributed by atoms with Gasteiger partial charge in [0.2, 0.25) is 0 Å². The maximum absolute atomic E-state index is 13.6. The van der Waals surface area contributed by atoms with Crippen molar-refractivity contribution in [2.45, 2.75) is 35.8 Å². The fourth-order valence-electron chi connectivity index (χ4n) is 2.57. The van der Waals surface area contributed by atoms with Crippen molar-refractivity contribution in [3.63, 3.8) is 0 Å². The second-order valence-corrected chi connectivity index (χ2v) is 6.67. The molecule has 1 aliphatic carbocycles. The number of hydrogen-bond donors (Lipinski definition) is 0. The molecule has 0 aromatic rings. The van der Waals surface area contributed by atoms with Crippen LogP contribution in [-0.2, 0) is 9.53 Å². The van der Waals surface area contributed by atoms with Gasteiger partial charge < -0.3 is 9.64 Å². The summed E-state index contributed by atoms with van der Waals surface area (Å²) in [6.45, 7) is 1.42. The fourth-order valence-corrected chi connectivity index (χ4v) is 4.17. The van der Waals surface area contributed by atoms with E-state index in [-0.39, 0.29) is 10.7 Å². The summed E-state index contributed by atoms with van der Waals surface area (Å²) in [6, 6.07) is 0. The predicted molar refractivity (Wildman–Crippen MR) is 60.3 cm³/mol. The van der Waals surface area contributed by atoms with Crippen LogP contribution in [0.2, 0.25) is 0 Å². The molecule has 1 spiro atoms. The predicted octanol–water partition coefficient (Wildman–Crippen LogP) is 1.22. The molecule has 16 heavy (non-hydrogen) atoms. The fraction of sp³-hybridized carbons (Fsp3) is 0.909. The van der Waals surface area contributed by atoms with Crippen LogP contribution in [0.3, 0.4) is 0 Å². The summed E-state index contributed by atoms with van der Waals surface area (Å²) >= 11 is 1.88. The van der Waals surface area contributed by atoms with E-state index in [1.807, 2.05) is 11.8 Å². The molecule has 1 amide bonds. The molecule has 2 aliphatic heterocycles. The lowest BCUT2D eigenvalue weighted by Crippen LogP contribution is -2.62. The van der Waals surface area contributed by atoms with Crippen LogP contribution < -0.4 is 0 Å². The second kappa shape index (κ2) is 3.35. The van der Waals surface area contributed by atoms with E-state index < -0.39 is 5.67 Å². The summed E-state index contributed by atoms with van der Waals surface area (Å²) in [5.41, 5.74) is -1.49. The molecule has 0 radical (unpaired) electrons. The lowest BCUT2D eigenvalue weighted by Gasteiger charge is -2.47. The highest BCUT2D eigenvalue weighted by Crippen LogP contribution is 2.49. The van der Waals surface area contributed by atoms with E-state index in [9.17, 15) is 9.18 Å². The minimum Gasteiger partial charge on any atom is -0.381 e.